The molecule has 0 radical (unpaired) electrons. The van der Waals surface area contributed by atoms with E-state index in [-0.39, 0.29) is 5.91 Å². The molecule has 2 rings (SSSR count). The summed E-state index contributed by atoms with van der Waals surface area (Å²) in [6.45, 7) is 5.36. The number of benzene rings is 1. The molecule has 0 heterocycles. The highest BCUT2D eigenvalue weighted by Gasteiger charge is 2.34. The van der Waals surface area contributed by atoms with Crippen molar-refractivity contribution in [3.63, 3.8) is 0 Å². The van der Waals surface area contributed by atoms with E-state index < -0.39 is 0 Å². The highest BCUT2D eigenvalue weighted by Crippen LogP contribution is 2.42. The minimum Gasteiger partial charge on any atom is -0.351 e. The van der Waals surface area contributed by atoms with Gasteiger partial charge in [0.05, 0.1) is 5.56 Å². The Balaban J connectivity index is 1.99. The molecule has 1 aliphatic carbocycles. The molecule has 0 bridgehead atoms. The van der Waals surface area contributed by atoms with Gasteiger partial charge in [-0.1, -0.05) is 38.8 Å². The van der Waals surface area contributed by atoms with Gasteiger partial charge in [-0.25, -0.2) is 0 Å². The molecule has 3 heteroatoms. The average Bonchev–Trinajstić information content (AvgIpc) is 2.84. The van der Waals surface area contributed by atoms with Gasteiger partial charge < -0.3 is 5.32 Å². The van der Waals surface area contributed by atoms with Crippen LogP contribution in [0.3, 0.4) is 0 Å². The van der Waals surface area contributed by atoms with E-state index >= 15 is 0 Å². The largest absolute Gasteiger partial charge is 0.351 e. The number of carbonyl (C=O) groups excluding carboxylic acids is 1. The Morgan fingerprint density at radius 1 is 1.30 bits per heavy atom. The third-order valence-electron chi connectivity index (χ3n) is 4.25. The molecule has 1 aromatic carbocycles. The summed E-state index contributed by atoms with van der Waals surface area (Å²) in [5.74, 6) is 0.723. The SMILES string of the molecule is CC(C)CC1(CNC(=O)c2ccccc2Br)CCCC1. The molecule has 1 aliphatic rings. The van der Waals surface area contributed by atoms with Crippen molar-refractivity contribution in [3.05, 3.63) is 34.3 Å². The van der Waals surface area contributed by atoms with Crippen LogP contribution in [0.4, 0.5) is 0 Å². The second-order valence-electron chi connectivity index (χ2n) is 6.47. The van der Waals surface area contributed by atoms with Crippen molar-refractivity contribution in [2.45, 2.75) is 46.0 Å². The minimum atomic E-state index is 0.0347. The number of halogens is 1. The monoisotopic (exact) mass is 337 g/mol. The van der Waals surface area contributed by atoms with Crippen LogP contribution in [0.5, 0.6) is 0 Å². The van der Waals surface area contributed by atoms with E-state index in [1.807, 2.05) is 24.3 Å². The Morgan fingerprint density at radius 2 is 1.95 bits per heavy atom. The molecule has 1 saturated carbocycles. The zero-order valence-corrected chi connectivity index (χ0v) is 14.0. The van der Waals surface area contributed by atoms with E-state index in [4.69, 9.17) is 0 Å². The maximum absolute atomic E-state index is 12.3. The Kier molecular flexibility index (Phi) is 5.25. The summed E-state index contributed by atoms with van der Waals surface area (Å²) >= 11 is 3.44. The number of hydrogen-bond acceptors (Lipinski definition) is 1. The Bertz CT molecular complexity index is 464. The molecule has 0 aliphatic heterocycles. The van der Waals surface area contributed by atoms with Crippen LogP contribution in [0.25, 0.3) is 0 Å². The van der Waals surface area contributed by atoms with Crippen LogP contribution in [0, 0.1) is 11.3 Å². The van der Waals surface area contributed by atoms with E-state index in [9.17, 15) is 4.79 Å². The molecule has 0 atom stereocenters. The van der Waals surface area contributed by atoms with Crippen LogP contribution in [0.1, 0.15) is 56.3 Å². The smallest absolute Gasteiger partial charge is 0.252 e. The van der Waals surface area contributed by atoms with Crippen LogP contribution >= 0.6 is 15.9 Å². The summed E-state index contributed by atoms with van der Waals surface area (Å²) in [6, 6.07) is 7.61. The van der Waals surface area contributed by atoms with Crippen LogP contribution < -0.4 is 5.32 Å². The molecule has 0 saturated heterocycles. The molecule has 0 spiro atoms. The number of hydrogen-bond donors (Lipinski definition) is 1. The van der Waals surface area contributed by atoms with Crippen molar-refractivity contribution in [1.29, 1.82) is 0 Å². The first-order valence-corrected chi connectivity index (χ1v) is 8.34. The summed E-state index contributed by atoms with van der Waals surface area (Å²) in [5.41, 5.74) is 1.05. The van der Waals surface area contributed by atoms with E-state index in [0.29, 0.717) is 11.3 Å². The lowest BCUT2D eigenvalue weighted by molar-refractivity contribution is 0.0921. The first-order valence-electron chi connectivity index (χ1n) is 7.55. The fourth-order valence-electron chi connectivity index (χ4n) is 3.45. The fourth-order valence-corrected chi connectivity index (χ4v) is 3.92. The van der Waals surface area contributed by atoms with E-state index in [0.717, 1.165) is 16.6 Å². The second-order valence-corrected chi connectivity index (χ2v) is 7.32. The summed E-state index contributed by atoms with van der Waals surface area (Å²) in [6.07, 6.45) is 6.32. The van der Waals surface area contributed by atoms with Gasteiger partial charge in [-0.05, 0) is 58.7 Å². The van der Waals surface area contributed by atoms with Gasteiger partial charge in [0.1, 0.15) is 0 Å². The maximum Gasteiger partial charge on any atom is 0.252 e. The lowest BCUT2D eigenvalue weighted by Gasteiger charge is -2.31. The van der Waals surface area contributed by atoms with Gasteiger partial charge in [0, 0.05) is 11.0 Å². The highest BCUT2D eigenvalue weighted by molar-refractivity contribution is 9.10. The molecule has 110 valence electrons. The summed E-state index contributed by atoms with van der Waals surface area (Å²) in [5, 5.41) is 3.16. The van der Waals surface area contributed by atoms with Crippen molar-refractivity contribution in [2.75, 3.05) is 6.54 Å². The molecule has 0 aromatic heterocycles. The predicted molar refractivity (Wildman–Crippen MR) is 86.8 cm³/mol. The van der Waals surface area contributed by atoms with E-state index in [1.165, 1.54) is 32.1 Å². The molecule has 0 unspecified atom stereocenters. The van der Waals surface area contributed by atoms with Gasteiger partial charge in [0.25, 0.3) is 5.91 Å². The third kappa shape index (κ3) is 3.85. The van der Waals surface area contributed by atoms with E-state index in [2.05, 4.69) is 35.1 Å². The van der Waals surface area contributed by atoms with Crippen molar-refractivity contribution >= 4 is 21.8 Å². The van der Waals surface area contributed by atoms with Crippen LogP contribution in [-0.2, 0) is 0 Å². The zero-order valence-electron chi connectivity index (χ0n) is 12.4. The lowest BCUT2D eigenvalue weighted by atomic mass is 9.78. The van der Waals surface area contributed by atoms with Gasteiger partial charge >= 0.3 is 0 Å². The quantitative estimate of drug-likeness (QED) is 0.822. The molecule has 1 aromatic rings. The molecule has 1 fully saturated rings. The van der Waals surface area contributed by atoms with Crippen molar-refractivity contribution < 1.29 is 4.79 Å². The fraction of sp³-hybridized carbons (Fsp3) is 0.588. The van der Waals surface area contributed by atoms with Crippen LogP contribution in [-0.4, -0.2) is 12.5 Å². The summed E-state index contributed by atoms with van der Waals surface area (Å²) in [7, 11) is 0. The highest BCUT2D eigenvalue weighted by atomic mass is 79.9. The predicted octanol–water partition coefficient (Wildman–Crippen LogP) is 4.79. The molecule has 2 nitrogen and oxygen atoms in total. The Hall–Kier alpha value is -0.830. The van der Waals surface area contributed by atoms with Gasteiger partial charge in [0.15, 0.2) is 0 Å². The minimum absolute atomic E-state index is 0.0347. The lowest BCUT2D eigenvalue weighted by Crippen LogP contribution is -2.37. The Morgan fingerprint density at radius 3 is 2.55 bits per heavy atom. The summed E-state index contributed by atoms with van der Waals surface area (Å²) in [4.78, 5) is 12.3. The average molecular weight is 338 g/mol. The third-order valence-corrected chi connectivity index (χ3v) is 4.94. The van der Waals surface area contributed by atoms with Gasteiger partial charge in [-0.15, -0.1) is 0 Å². The maximum atomic E-state index is 12.3. The van der Waals surface area contributed by atoms with Crippen LogP contribution in [0.2, 0.25) is 0 Å². The molecular formula is C17H24BrNO. The number of amides is 1. The first-order chi connectivity index (χ1) is 9.52. The standard InChI is InChI=1S/C17H24BrNO/c1-13(2)11-17(9-5-6-10-17)12-19-16(20)14-7-3-4-8-15(14)18/h3-4,7-8,13H,5-6,9-12H2,1-2H3,(H,19,20). The summed E-state index contributed by atoms with van der Waals surface area (Å²) < 4.78 is 0.863. The molecule has 20 heavy (non-hydrogen) atoms. The normalized spacial score (nSPS) is 17.4. The van der Waals surface area contributed by atoms with Crippen molar-refractivity contribution in [1.82, 2.24) is 5.32 Å². The zero-order chi connectivity index (χ0) is 14.6. The second kappa shape index (κ2) is 6.75. The molecule has 1 amide bonds. The van der Waals surface area contributed by atoms with Gasteiger partial charge in [-0.3, -0.25) is 4.79 Å². The molecular weight excluding hydrogens is 314 g/mol. The number of nitrogens with one attached hydrogen (secondary N) is 1. The van der Waals surface area contributed by atoms with E-state index in [1.54, 1.807) is 0 Å². The van der Waals surface area contributed by atoms with Crippen molar-refractivity contribution in [3.8, 4) is 0 Å². The molecule has 1 N–H and O–H groups in total. The van der Waals surface area contributed by atoms with Gasteiger partial charge in [0.2, 0.25) is 0 Å². The Labute approximate surface area is 130 Å². The first kappa shape index (κ1) is 15.6. The van der Waals surface area contributed by atoms with Gasteiger partial charge in [-0.2, -0.15) is 0 Å². The number of rotatable bonds is 5. The number of carbonyl (C=O) groups is 1. The topological polar surface area (TPSA) is 29.1 Å². The van der Waals surface area contributed by atoms with Crippen molar-refractivity contribution in [2.24, 2.45) is 11.3 Å². The van der Waals surface area contributed by atoms with Crippen LogP contribution in [0.15, 0.2) is 28.7 Å².